The lowest BCUT2D eigenvalue weighted by Gasteiger charge is -2.25. The zero-order valence-corrected chi connectivity index (χ0v) is 16.1. The van der Waals surface area contributed by atoms with E-state index in [0.29, 0.717) is 5.82 Å². The van der Waals surface area contributed by atoms with Gasteiger partial charge in [-0.15, -0.1) is 0 Å². The van der Waals surface area contributed by atoms with Gasteiger partial charge in [0.05, 0.1) is 12.5 Å². The zero-order chi connectivity index (χ0) is 19.0. The number of carbonyl (C=O) groups excluding carboxylic acids is 1. The van der Waals surface area contributed by atoms with Crippen LogP contribution in [0.1, 0.15) is 24.8 Å². The first-order valence-electron chi connectivity index (χ1n) is 8.32. The van der Waals surface area contributed by atoms with Crippen molar-refractivity contribution in [3.63, 3.8) is 0 Å². The van der Waals surface area contributed by atoms with Crippen LogP contribution in [-0.2, 0) is 4.79 Å². The highest BCUT2D eigenvalue weighted by atomic mass is 31.1. The van der Waals surface area contributed by atoms with Crippen molar-refractivity contribution in [2.45, 2.75) is 25.3 Å². The van der Waals surface area contributed by atoms with Gasteiger partial charge in [-0.05, 0) is 32.4 Å². The van der Waals surface area contributed by atoms with Crippen LogP contribution < -0.4 is 15.1 Å². The molecule has 1 saturated heterocycles. The molecule has 26 heavy (non-hydrogen) atoms. The minimum Gasteiger partial charge on any atom is -0.497 e. The highest BCUT2D eigenvalue weighted by Crippen LogP contribution is 2.40. The quantitative estimate of drug-likeness (QED) is 0.763. The summed E-state index contributed by atoms with van der Waals surface area (Å²) in [7, 11) is 0.945. The van der Waals surface area contributed by atoms with Crippen LogP contribution in [0.2, 0.25) is 0 Å². The third-order valence-electron chi connectivity index (χ3n) is 4.74. The number of methoxy groups -OCH3 is 1. The summed E-state index contributed by atoms with van der Waals surface area (Å²) in [6.45, 7) is 5.97. The Labute approximate surface area is 152 Å². The molecule has 2 unspecified atom stereocenters. The SMILES string of the molecule is COc1cc(F)c(C2CC(=O)N(c3cccc(P(C)C)n3)C2C)c(F)c1. The standard InChI is InChI=1S/C19H21F2N2O2P/c1-11-13(19-14(20)8-12(25-2)9-15(19)21)10-18(24)23(11)16-6-5-7-17(22-16)26(3)4/h5-9,11,13H,10H2,1-4H3. The Bertz CT molecular complexity index is 821. The van der Waals surface area contributed by atoms with Gasteiger partial charge in [0, 0.05) is 36.1 Å². The third kappa shape index (κ3) is 3.30. The van der Waals surface area contributed by atoms with Crippen LogP contribution >= 0.6 is 7.92 Å². The number of hydrogen-bond acceptors (Lipinski definition) is 3. The predicted octanol–water partition coefficient (Wildman–Crippen LogP) is 3.64. The molecule has 2 heterocycles. The molecule has 2 aromatic rings. The average molecular weight is 378 g/mol. The molecule has 1 aliphatic heterocycles. The minimum absolute atomic E-state index is 0.0419. The lowest BCUT2D eigenvalue weighted by Crippen LogP contribution is -2.34. The molecule has 1 aromatic carbocycles. The summed E-state index contributed by atoms with van der Waals surface area (Å²) in [6.07, 6.45) is 0.0419. The van der Waals surface area contributed by atoms with Gasteiger partial charge in [0.2, 0.25) is 5.91 Å². The Kier molecular flexibility index (Phi) is 5.24. The number of benzene rings is 1. The molecule has 3 rings (SSSR count). The first kappa shape index (κ1) is 18.7. The molecular weight excluding hydrogens is 357 g/mol. The van der Waals surface area contributed by atoms with Crippen LogP contribution in [0.15, 0.2) is 30.3 Å². The van der Waals surface area contributed by atoms with E-state index >= 15 is 0 Å². The number of nitrogens with zero attached hydrogens (tertiary/aromatic N) is 2. The number of amides is 1. The molecular formula is C19H21F2N2O2P. The van der Waals surface area contributed by atoms with Gasteiger partial charge in [0.25, 0.3) is 0 Å². The van der Waals surface area contributed by atoms with E-state index in [0.717, 1.165) is 17.6 Å². The molecule has 0 bridgehead atoms. The molecule has 1 amide bonds. The summed E-state index contributed by atoms with van der Waals surface area (Å²) in [5.74, 6) is -1.50. The van der Waals surface area contributed by atoms with E-state index in [4.69, 9.17) is 4.74 Å². The van der Waals surface area contributed by atoms with Crippen LogP contribution in [0, 0.1) is 11.6 Å². The number of ether oxygens (including phenoxy) is 1. The van der Waals surface area contributed by atoms with Gasteiger partial charge >= 0.3 is 0 Å². The number of aromatic nitrogens is 1. The molecule has 1 fully saturated rings. The summed E-state index contributed by atoms with van der Waals surface area (Å²) in [4.78, 5) is 18.8. The van der Waals surface area contributed by atoms with Crippen LogP contribution in [0.25, 0.3) is 0 Å². The van der Waals surface area contributed by atoms with Crippen molar-refractivity contribution < 1.29 is 18.3 Å². The van der Waals surface area contributed by atoms with Gasteiger partial charge in [0.15, 0.2) is 0 Å². The van der Waals surface area contributed by atoms with Crippen molar-refractivity contribution in [2.75, 3.05) is 25.3 Å². The van der Waals surface area contributed by atoms with Gasteiger partial charge in [-0.3, -0.25) is 9.69 Å². The second kappa shape index (κ2) is 7.28. The van der Waals surface area contributed by atoms with Gasteiger partial charge in [-0.2, -0.15) is 0 Å². The zero-order valence-electron chi connectivity index (χ0n) is 15.2. The lowest BCUT2D eigenvalue weighted by molar-refractivity contribution is -0.117. The second-order valence-electron chi connectivity index (χ2n) is 6.57. The number of anilines is 1. The van der Waals surface area contributed by atoms with Crippen molar-refractivity contribution in [3.05, 3.63) is 47.5 Å². The summed E-state index contributed by atoms with van der Waals surface area (Å²) in [6, 6.07) is 7.46. The van der Waals surface area contributed by atoms with Crippen LogP contribution in [0.3, 0.4) is 0 Å². The predicted molar refractivity (Wildman–Crippen MR) is 99.9 cm³/mol. The summed E-state index contributed by atoms with van der Waals surface area (Å²) >= 11 is 0. The van der Waals surface area contributed by atoms with Gasteiger partial charge < -0.3 is 4.74 Å². The number of halogens is 2. The normalized spacial score (nSPS) is 20.1. The van der Waals surface area contributed by atoms with E-state index in [1.54, 1.807) is 17.9 Å². The maximum Gasteiger partial charge on any atom is 0.229 e. The fourth-order valence-electron chi connectivity index (χ4n) is 3.37. The Morgan fingerprint density at radius 3 is 2.46 bits per heavy atom. The minimum atomic E-state index is -0.694. The Morgan fingerprint density at radius 1 is 1.23 bits per heavy atom. The Morgan fingerprint density at radius 2 is 1.88 bits per heavy atom. The van der Waals surface area contributed by atoms with Crippen LogP contribution in [0.4, 0.5) is 14.6 Å². The average Bonchev–Trinajstić information content (AvgIpc) is 2.88. The van der Waals surface area contributed by atoms with Crippen molar-refractivity contribution in [1.29, 1.82) is 0 Å². The highest BCUT2D eigenvalue weighted by Gasteiger charge is 2.41. The smallest absolute Gasteiger partial charge is 0.229 e. The molecule has 2 atom stereocenters. The van der Waals surface area contributed by atoms with Crippen molar-refractivity contribution in [1.82, 2.24) is 4.98 Å². The molecule has 138 valence electrons. The fourth-order valence-corrected chi connectivity index (χ4v) is 4.06. The van der Waals surface area contributed by atoms with E-state index in [9.17, 15) is 13.6 Å². The first-order valence-corrected chi connectivity index (χ1v) is 10.6. The molecule has 4 nitrogen and oxygen atoms in total. The van der Waals surface area contributed by atoms with Crippen molar-refractivity contribution >= 4 is 25.1 Å². The molecule has 0 spiro atoms. The highest BCUT2D eigenvalue weighted by molar-refractivity contribution is 7.63. The van der Waals surface area contributed by atoms with E-state index in [1.165, 1.54) is 7.11 Å². The largest absolute Gasteiger partial charge is 0.497 e. The second-order valence-corrected chi connectivity index (χ2v) is 8.82. The summed E-state index contributed by atoms with van der Waals surface area (Å²) in [5.41, 5.74) is 0.862. The van der Waals surface area contributed by atoms with Gasteiger partial charge in [0.1, 0.15) is 23.2 Å². The van der Waals surface area contributed by atoms with E-state index in [-0.39, 0.29) is 23.6 Å². The molecule has 0 aliphatic carbocycles. The molecule has 7 heteroatoms. The topological polar surface area (TPSA) is 42.4 Å². The van der Waals surface area contributed by atoms with Crippen LogP contribution in [-0.4, -0.2) is 37.4 Å². The number of rotatable bonds is 4. The molecule has 1 aromatic heterocycles. The Balaban J connectivity index is 1.97. The van der Waals surface area contributed by atoms with Gasteiger partial charge in [-0.25, -0.2) is 13.8 Å². The lowest BCUT2D eigenvalue weighted by atomic mass is 9.91. The maximum atomic E-state index is 14.5. The molecule has 0 N–H and O–H groups in total. The van der Waals surface area contributed by atoms with Crippen LogP contribution in [0.5, 0.6) is 5.75 Å². The number of carbonyl (C=O) groups is 1. The van der Waals surface area contributed by atoms with E-state index < -0.39 is 31.5 Å². The summed E-state index contributed by atoms with van der Waals surface area (Å²) < 4.78 is 33.9. The van der Waals surface area contributed by atoms with Gasteiger partial charge in [-0.1, -0.05) is 14.0 Å². The van der Waals surface area contributed by atoms with Crippen molar-refractivity contribution in [3.8, 4) is 5.75 Å². The van der Waals surface area contributed by atoms with E-state index in [1.807, 2.05) is 12.1 Å². The third-order valence-corrected chi connectivity index (χ3v) is 5.90. The number of hydrogen-bond donors (Lipinski definition) is 0. The van der Waals surface area contributed by atoms with Crippen molar-refractivity contribution in [2.24, 2.45) is 0 Å². The van der Waals surface area contributed by atoms with E-state index in [2.05, 4.69) is 18.3 Å². The first-order chi connectivity index (χ1) is 12.3. The number of pyridine rings is 1. The monoisotopic (exact) mass is 378 g/mol. The molecule has 0 radical (unpaired) electrons. The Hall–Kier alpha value is -2.07. The maximum absolute atomic E-state index is 14.5. The fraction of sp³-hybridized carbons (Fsp3) is 0.368. The molecule has 1 aliphatic rings. The molecule has 0 saturated carbocycles. The summed E-state index contributed by atoms with van der Waals surface area (Å²) in [5, 5.41) is 0.